The van der Waals surface area contributed by atoms with Gasteiger partial charge in [-0.15, -0.1) is 0 Å². The third kappa shape index (κ3) is 51.9. The molecule has 0 aliphatic heterocycles. The normalized spacial score (nSPS) is 14.8. The molecule has 3 N–H and O–H groups in total. The number of unbranched alkanes of at least 4 members (excludes halogenated alkanes) is 26. The van der Waals surface area contributed by atoms with Crippen molar-refractivity contribution in [3.05, 3.63) is 0 Å². The van der Waals surface area contributed by atoms with Crippen LogP contribution in [0.2, 0.25) is 0 Å². The van der Waals surface area contributed by atoms with E-state index in [1.54, 1.807) is 0 Å². The fourth-order valence-corrected chi connectivity index (χ4v) is 10.0. The average molecular weight is 1140 g/mol. The van der Waals surface area contributed by atoms with Crippen LogP contribution in [-0.4, -0.2) is 96.7 Å². The molecule has 0 saturated carbocycles. The molecule has 456 valence electrons. The molecule has 0 aromatic heterocycles. The molecule has 0 bridgehead atoms. The first-order valence-corrected chi connectivity index (χ1v) is 33.5. The SMILES string of the molecule is CCCCCCCCCCCCCCC(=O)O[C@H](COC(=O)CCCCCCCCCC(C)C)COP(=O)(O)OC[C@@H](O)COP(=O)(O)OC[C@@H](COC(=O)CCCCCCC)OC(=O)CCCCCCCCC(C)CC. The third-order valence-corrected chi connectivity index (χ3v) is 15.5. The molecule has 17 nitrogen and oxygen atoms in total. The number of esters is 4. The number of rotatable bonds is 57. The van der Waals surface area contributed by atoms with Crippen molar-refractivity contribution in [3.8, 4) is 0 Å². The molecular weight excluding hydrogens is 1030 g/mol. The van der Waals surface area contributed by atoms with Gasteiger partial charge in [-0.25, -0.2) is 9.13 Å². The number of ether oxygens (including phenoxy) is 4. The minimum atomic E-state index is -4.94. The summed E-state index contributed by atoms with van der Waals surface area (Å²) in [5.74, 6) is -0.730. The van der Waals surface area contributed by atoms with E-state index in [1.165, 1.54) is 83.5 Å². The van der Waals surface area contributed by atoms with E-state index >= 15 is 0 Å². The number of hydrogen-bond donors (Lipinski definition) is 3. The summed E-state index contributed by atoms with van der Waals surface area (Å²) in [6.45, 7) is 9.25. The van der Waals surface area contributed by atoms with Gasteiger partial charge in [0.15, 0.2) is 12.2 Å². The van der Waals surface area contributed by atoms with Crippen molar-refractivity contribution in [3.63, 3.8) is 0 Å². The Hall–Kier alpha value is -1.94. The van der Waals surface area contributed by atoms with E-state index in [2.05, 4.69) is 41.5 Å². The Bertz CT molecular complexity index is 1530. The quantitative estimate of drug-likeness (QED) is 0.0222. The van der Waals surface area contributed by atoms with Gasteiger partial charge in [-0.3, -0.25) is 37.3 Å². The molecule has 0 heterocycles. The van der Waals surface area contributed by atoms with Crippen LogP contribution in [0.25, 0.3) is 0 Å². The summed E-state index contributed by atoms with van der Waals surface area (Å²) < 4.78 is 67.5. The van der Waals surface area contributed by atoms with Crippen molar-refractivity contribution >= 4 is 39.5 Å². The third-order valence-electron chi connectivity index (χ3n) is 13.6. The van der Waals surface area contributed by atoms with Gasteiger partial charge in [-0.1, -0.05) is 228 Å². The van der Waals surface area contributed by atoms with E-state index in [1.807, 2.05) is 0 Å². The van der Waals surface area contributed by atoms with Crippen LogP contribution in [0.15, 0.2) is 0 Å². The predicted octanol–water partition coefficient (Wildman–Crippen LogP) is 15.3. The Morgan fingerprint density at radius 2 is 0.662 bits per heavy atom. The molecule has 0 aromatic rings. The first-order valence-electron chi connectivity index (χ1n) is 30.5. The molecule has 0 aromatic carbocycles. The molecule has 19 heteroatoms. The van der Waals surface area contributed by atoms with Gasteiger partial charge in [-0.2, -0.15) is 0 Å². The lowest BCUT2D eigenvalue weighted by Crippen LogP contribution is -2.30. The molecule has 0 amide bonds. The second kappa shape index (κ2) is 51.0. The van der Waals surface area contributed by atoms with Crippen molar-refractivity contribution in [2.45, 2.75) is 297 Å². The van der Waals surface area contributed by atoms with Crippen molar-refractivity contribution < 1.29 is 80.2 Å². The molecule has 0 aliphatic carbocycles. The number of phosphoric acid groups is 2. The van der Waals surface area contributed by atoms with Crippen LogP contribution in [0.3, 0.4) is 0 Å². The summed E-state index contributed by atoms with van der Waals surface area (Å²) in [7, 11) is -9.87. The fraction of sp³-hybridized carbons (Fsp3) is 0.931. The van der Waals surface area contributed by atoms with Crippen molar-refractivity contribution in [2.75, 3.05) is 39.6 Å². The van der Waals surface area contributed by atoms with Crippen molar-refractivity contribution in [1.29, 1.82) is 0 Å². The second-order valence-electron chi connectivity index (χ2n) is 21.7. The zero-order valence-corrected chi connectivity index (χ0v) is 51.0. The molecule has 0 rings (SSSR count). The molecule has 0 aliphatic rings. The van der Waals surface area contributed by atoms with E-state index in [4.69, 9.17) is 37.0 Å². The predicted molar refractivity (Wildman–Crippen MR) is 303 cm³/mol. The van der Waals surface area contributed by atoms with E-state index in [-0.39, 0.29) is 25.7 Å². The molecule has 6 atom stereocenters. The monoisotopic (exact) mass is 1140 g/mol. The number of hydrogen-bond acceptors (Lipinski definition) is 15. The Labute approximate surface area is 467 Å². The highest BCUT2D eigenvalue weighted by Gasteiger charge is 2.30. The summed E-state index contributed by atoms with van der Waals surface area (Å²) in [6, 6.07) is 0. The minimum Gasteiger partial charge on any atom is -0.462 e. The smallest absolute Gasteiger partial charge is 0.462 e. The largest absolute Gasteiger partial charge is 0.472 e. The highest BCUT2D eigenvalue weighted by atomic mass is 31.2. The van der Waals surface area contributed by atoms with Crippen LogP contribution in [0, 0.1) is 11.8 Å². The van der Waals surface area contributed by atoms with E-state index < -0.39 is 97.5 Å². The molecule has 3 unspecified atom stereocenters. The van der Waals surface area contributed by atoms with Gasteiger partial charge in [0, 0.05) is 25.7 Å². The summed E-state index contributed by atoms with van der Waals surface area (Å²) in [5, 5.41) is 10.5. The molecule has 77 heavy (non-hydrogen) atoms. The van der Waals surface area contributed by atoms with Gasteiger partial charge >= 0.3 is 39.5 Å². The van der Waals surface area contributed by atoms with Gasteiger partial charge in [0.25, 0.3) is 0 Å². The highest BCUT2D eigenvalue weighted by molar-refractivity contribution is 7.47. The highest BCUT2D eigenvalue weighted by Crippen LogP contribution is 2.45. The van der Waals surface area contributed by atoms with Gasteiger partial charge in [0.1, 0.15) is 19.3 Å². The van der Waals surface area contributed by atoms with Crippen LogP contribution < -0.4 is 0 Å². The van der Waals surface area contributed by atoms with Crippen LogP contribution in [-0.2, 0) is 65.4 Å². The summed E-state index contributed by atoms with van der Waals surface area (Å²) in [4.78, 5) is 71.7. The maximum atomic E-state index is 12.9. The van der Waals surface area contributed by atoms with Crippen LogP contribution in [0.1, 0.15) is 279 Å². The lowest BCUT2D eigenvalue weighted by atomic mass is 10.00. The molecule has 0 spiro atoms. The lowest BCUT2D eigenvalue weighted by molar-refractivity contribution is -0.161. The number of carbonyl (C=O) groups excluding carboxylic acids is 4. The fourth-order valence-electron chi connectivity index (χ4n) is 8.44. The Kier molecular flexibility index (Phi) is 49.7. The molecule has 0 radical (unpaired) electrons. The van der Waals surface area contributed by atoms with Crippen molar-refractivity contribution in [2.24, 2.45) is 11.8 Å². The van der Waals surface area contributed by atoms with E-state index in [0.717, 1.165) is 109 Å². The zero-order chi connectivity index (χ0) is 57.3. The first-order chi connectivity index (χ1) is 36.9. The van der Waals surface area contributed by atoms with E-state index in [9.17, 15) is 43.2 Å². The van der Waals surface area contributed by atoms with Gasteiger partial charge in [0.2, 0.25) is 0 Å². The summed E-state index contributed by atoms with van der Waals surface area (Å²) in [6.07, 6.45) is 31.1. The Morgan fingerprint density at radius 3 is 0.987 bits per heavy atom. The number of carbonyl (C=O) groups is 4. The summed E-state index contributed by atoms with van der Waals surface area (Å²) in [5.41, 5.74) is 0. The Balaban J connectivity index is 5.20. The zero-order valence-electron chi connectivity index (χ0n) is 49.2. The second-order valence-corrected chi connectivity index (χ2v) is 24.7. The van der Waals surface area contributed by atoms with Crippen LogP contribution in [0.5, 0.6) is 0 Å². The standard InChI is InChI=1S/C58H112O17P2/c1-7-10-12-14-15-16-17-18-19-22-30-36-42-57(62)74-54(47-69-56(61)41-35-29-23-20-21-27-32-38-50(4)5)49-73-77(66,67)71-45-52(59)44-70-76(64,65)72-48-53(46-68-55(60)40-34-26-13-11-8-2)75-58(63)43-37-31-25-24-28-33-39-51(6)9-3/h50-54,59H,7-49H2,1-6H3,(H,64,65)(H,66,67)/t51?,52-,53+,54+/m0/s1. The molecule has 0 saturated heterocycles. The maximum Gasteiger partial charge on any atom is 0.472 e. The lowest BCUT2D eigenvalue weighted by Gasteiger charge is -2.21. The first kappa shape index (κ1) is 75.1. The summed E-state index contributed by atoms with van der Waals surface area (Å²) >= 11 is 0. The maximum absolute atomic E-state index is 12.9. The van der Waals surface area contributed by atoms with E-state index in [0.29, 0.717) is 31.6 Å². The average Bonchev–Trinajstić information content (AvgIpc) is 3.39. The number of aliphatic hydroxyl groups is 1. The van der Waals surface area contributed by atoms with Crippen LogP contribution in [0.4, 0.5) is 0 Å². The van der Waals surface area contributed by atoms with Gasteiger partial charge < -0.3 is 33.8 Å². The number of aliphatic hydroxyl groups excluding tert-OH is 1. The minimum absolute atomic E-state index is 0.102. The topological polar surface area (TPSA) is 237 Å². The van der Waals surface area contributed by atoms with Gasteiger partial charge in [0.05, 0.1) is 26.4 Å². The Morgan fingerprint density at radius 1 is 0.377 bits per heavy atom. The van der Waals surface area contributed by atoms with Crippen LogP contribution >= 0.6 is 15.6 Å². The van der Waals surface area contributed by atoms with Crippen molar-refractivity contribution in [1.82, 2.24) is 0 Å². The molecular formula is C58H112O17P2. The number of phosphoric ester groups is 2. The van der Waals surface area contributed by atoms with Gasteiger partial charge in [-0.05, 0) is 37.5 Å². The molecule has 0 fully saturated rings.